The highest BCUT2D eigenvalue weighted by Gasteiger charge is 2.26. The fraction of sp³-hybridized carbons (Fsp3) is 0.333. The molecule has 0 amide bonds. The summed E-state index contributed by atoms with van der Waals surface area (Å²) in [5.41, 5.74) is 2.33. The van der Waals surface area contributed by atoms with E-state index in [1.54, 1.807) is 0 Å². The fourth-order valence-corrected chi connectivity index (χ4v) is 2.10. The van der Waals surface area contributed by atoms with Crippen LogP contribution in [0.25, 0.3) is 10.9 Å². The lowest BCUT2D eigenvalue weighted by atomic mass is 10.2. The van der Waals surface area contributed by atoms with E-state index < -0.39 is 6.17 Å². The molecule has 0 radical (unpaired) electrons. The van der Waals surface area contributed by atoms with Gasteiger partial charge in [-0.15, -0.1) is 0 Å². The zero-order valence-corrected chi connectivity index (χ0v) is 8.41. The monoisotopic (exact) mass is 204 g/mol. The average Bonchev–Trinajstić information content (AvgIpc) is 2.57. The number of nitrogens with one attached hydrogen (secondary N) is 1. The van der Waals surface area contributed by atoms with Crippen LogP contribution in [0.1, 0.15) is 5.69 Å². The molecular formula is C12H13FN2. The minimum atomic E-state index is -0.616. The molecule has 0 aliphatic carbocycles. The van der Waals surface area contributed by atoms with Gasteiger partial charge in [-0.05, 0) is 17.5 Å². The molecule has 1 aromatic heterocycles. The summed E-state index contributed by atoms with van der Waals surface area (Å²) in [6, 6.07) is 10.3. The number of aromatic nitrogens is 1. The highest BCUT2D eigenvalue weighted by Crippen LogP contribution is 2.19. The number of aromatic amines is 1. The number of benzene rings is 1. The topological polar surface area (TPSA) is 19.0 Å². The molecule has 3 heteroatoms. The number of hydrogen-bond acceptors (Lipinski definition) is 1. The molecule has 1 saturated heterocycles. The predicted octanol–water partition coefficient (Wildman–Crippen LogP) is 2.32. The zero-order valence-electron chi connectivity index (χ0n) is 8.41. The summed E-state index contributed by atoms with van der Waals surface area (Å²) in [5.74, 6) is 0. The van der Waals surface area contributed by atoms with E-state index >= 15 is 0 Å². The Hall–Kier alpha value is -1.35. The van der Waals surface area contributed by atoms with E-state index in [0.717, 1.165) is 12.1 Å². The molecule has 0 unspecified atom stereocenters. The molecule has 1 fully saturated rings. The lowest BCUT2D eigenvalue weighted by Gasteiger charge is -2.33. The summed E-state index contributed by atoms with van der Waals surface area (Å²) >= 11 is 0. The van der Waals surface area contributed by atoms with Crippen LogP contribution in [0.5, 0.6) is 0 Å². The minimum Gasteiger partial charge on any atom is -0.357 e. The van der Waals surface area contributed by atoms with Crippen LogP contribution in [-0.4, -0.2) is 29.1 Å². The zero-order chi connectivity index (χ0) is 10.3. The van der Waals surface area contributed by atoms with E-state index in [1.165, 1.54) is 11.1 Å². The van der Waals surface area contributed by atoms with Gasteiger partial charge in [-0.2, -0.15) is 0 Å². The Bertz CT molecular complexity index is 438. The second-order valence-corrected chi connectivity index (χ2v) is 4.17. The molecule has 78 valence electrons. The first-order valence-corrected chi connectivity index (χ1v) is 5.24. The maximum Gasteiger partial charge on any atom is 0.125 e. The maximum absolute atomic E-state index is 12.6. The van der Waals surface area contributed by atoms with Crippen LogP contribution in [0.2, 0.25) is 0 Å². The Morgan fingerprint density at radius 1 is 1.33 bits per heavy atom. The number of halogens is 1. The average molecular weight is 204 g/mol. The van der Waals surface area contributed by atoms with E-state index in [0.29, 0.717) is 13.1 Å². The molecular weight excluding hydrogens is 191 g/mol. The van der Waals surface area contributed by atoms with Crippen LogP contribution in [0.4, 0.5) is 4.39 Å². The molecule has 1 aliphatic heterocycles. The number of fused-ring (bicyclic) bond motifs is 1. The van der Waals surface area contributed by atoms with Crippen molar-refractivity contribution in [3.05, 3.63) is 36.0 Å². The van der Waals surface area contributed by atoms with Gasteiger partial charge in [-0.3, -0.25) is 4.90 Å². The van der Waals surface area contributed by atoms with Crippen molar-refractivity contribution in [2.24, 2.45) is 0 Å². The number of alkyl halides is 1. The van der Waals surface area contributed by atoms with E-state index in [4.69, 9.17) is 0 Å². The van der Waals surface area contributed by atoms with Gasteiger partial charge in [0.05, 0.1) is 0 Å². The third-order valence-electron chi connectivity index (χ3n) is 2.89. The highest BCUT2D eigenvalue weighted by atomic mass is 19.1. The van der Waals surface area contributed by atoms with Crippen molar-refractivity contribution < 1.29 is 4.39 Å². The first kappa shape index (κ1) is 8.92. The number of likely N-dealkylation sites (tertiary alicyclic amines) is 1. The summed E-state index contributed by atoms with van der Waals surface area (Å²) < 4.78 is 12.6. The Balaban J connectivity index is 1.80. The molecule has 3 rings (SSSR count). The summed E-state index contributed by atoms with van der Waals surface area (Å²) in [6.45, 7) is 1.99. The normalized spacial score (nSPS) is 18.2. The second kappa shape index (κ2) is 3.35. The number of nitrogens with zero attached hydrogens (tertiary/aromatic N) is 1. The van der Waals surface area contributed by atoms with Crippen molar-refractivity contribution >= 4 is 10.9 Å². The van der Waals surface area contributed by atoms with Gasteiger partial charge in [0, 0.05) is 30.8 Å². The van der Waals surface area contributed by atoms with Crippen molar-refractivity contribution in [1.82, 2.24) is 9.88 Å². The molecule has 15 heavy (non-hydrogen) atoms. The second-order valence-electron chi connectivity index (χ2n) is 4.17. The molecule has 0 saturated carbocycles. The number of rotatable bonds is 2. The van der Waals surface area contributed by atoms with E-state index in [1.807, 2.05) is 12.1 Å². The molecule has 2 nitrogen and oxygen atoms in total. The molecule has 0 bridgehead atoms. The van der Waals surface area contributed by atoms with E-state index in [-0.39, 0.29) is 0 Å². The molecule has 1 N–H and O–H groups in total. The number of H-pyrrole nitrogens is 1. The van der Waals surface area contributed by atoms with Crippen LogP contribution in [0, 0.1) is 0 Å². The lowest BCUT2D eigenvalue weighted by molar-refractivity contribution is 0.0582. The van der Waals surface area contributed by atoms with E-state index in [9.17, 15) is 4.39 Å². The smallest absolute Gasteiger partial charge is 0.125 e. The van der Waals surface area contributed by atoms with Crippen molar-refractivity contribution in [3.8, 4) is 0 Å². The van der Waals surface area contributed by atoms with Crippen LogP contribution < -0.4 is 0 Å². The predicted molar refractivity (Wildman–Crippen MR) is 58.5 cm³/mol. The minimum absolute atomic E-state index is 0.579. The Morgan fingerprint density at radius 2 is 2.13 bits per heavy atom. The largest absolute Gasteiger partial charge is 0.357 e. The third kappa shape index (κ3) is 1.63. The SMILES string of the molecule is FC1CN(Cc2cc3ccccc3[nH]2)C1. The molecule has 1 aromatic carbocycles. The third-order valence-corrected chi connectivity index (χ3v) is 2.89. The van der Waals surface area contributed by atoms with Gasteiger partial charge in [0.25, 0.3) is 0 Å². The fourth-order valence-electron chi connectivity index (χ4n) is 2.10. The molecule has 2 heterocycles. The number of hydrogen-bond donors (Lipinski definition) is 1. The van der Waals surface area contributed by atoms with Gasteiger partial charge in [0.15, 0.2) is 0 Å². The molecule has 2 aromatic rings. The maximum atomic E-state index is 12.6. The van der Waals surface area contributed by atoms with Gasteiger partial charge in [-0.1, -0.05) is 18.2 Å². The van der Waals surface area contributed by atoms with Crippen LogP contribution in [-0.2, 0) is 6.54 Å². The van der Waals surface area contributed by atoms with Crippen molar-refractivity contribution in [2.75, 3.05) is 13.1 Å². The summed E-state index contributed by atoms with van der Waals surface area (Å²) in [7, 11) is 0. The Labute approximate surface area is 87.7 Å². The summed E-state index contributed by atoms with van der Waals surface area (Å²) in [5, 5.41) is 1.23. The summed E-state index contributed by atoms with van der Waals surface area (Å²) in [4.78, 5) is 5.45. The van der Waals surface area contributed by atoms with Crippen LogP contribution in [0.3, 0.4) is 0 Å². The quantitative estimate of drug-likeness (QED) is 0.795. The van der Waals surface area contributed by atoms with Crippen molar-refractivity contribution in [2.45, 2.75) is 12.7 Å². The first-order chi connectivity index (χ1) is 7.31. The molecule has 0 atom stereocenters. The Kier molecular flexibility index (Phi) is 1.99. The Morgan fingerprint density at radius 3 is 2.87 bits per heavy atom. The van der Waals surface area contributed by atoms with Gasteiger partial charge in [0.1, 0.15) is 6.17 Å². The van der Waals surface area contributed by atoms with Crippen molar-refractivity contribution in [1.29, 1.82) is 0 Å². The lowest BCUT2D eigenvalue weighted by Crippen LogP contribution is -2.47. The van der Waals surface area contributed by atoms with Crippen LogP contribution in [0.15, 0.2) is 30.3 Å². The molecule has 1 aliphatic rings. The van der Waals surface area contributed by atoms with Gasteiger partial charge in [0.2, 0.25) is 0 Å². The molecule has 0 spiro atoms. The van der Waals surface area contributed by atoms with Crippen molar-refractivity contribution in [3.63, 3.8) is 0 Å². The van der Waals surface area contributed by atoms with Gasteiger partial charge >= 0.3 is 0 Å². The standard InChI is InChI=1S/C12H13FN2/c13-10-6-15(7-10)8-11-5-9-3-1-2-4-12(9)14-11/h1-5,10,14H,6-8H2. The van der Waals surface area contributed by atoms with Gasteiger partial charge in [-0.25, -0.2) is 4.39 Å². The summed E-state index contributed by atoms with van der Waals surface area (Å²) in [6.07, 6.45) is -0.616. The van der Waals surface area contributed by atoms with E-state index in [2.05, 4.69) is 28.1 Å². The van der Waals surface area contributed by atoms with Crippen LogP contribution >= 0.6 is 0 Å². The first-order valence-electron chi connectivity index (χ1n) is 5.24. The highest BCUT2D eigenvalue weighted by molar-refractivity contribution is 5.80. The van der Waals surface area contributed by atoms with Gasteiger partial charge < -0.3 is 4.98 Å². The number of para-hydroxylation sites is 1.